The smallest absolute Gasteiger partial charge is 0.353 e. The maximum absolute atomic E-state index is 12.7. The minimum atomic E-state index is -4.52. The fourth-order valence-electron chi connectivity index (χ4n) is 2.11. The number of anilines is 2. The van der Waals surface area contributed by atoms with Gasteiger partial charge in [0.25, 0.3) is 0 Å². The van der Waals surface area contributed by atoms with Gasteiger partial charge in [-0.15, -0.1) is 0 Å². The lowest BCUT2D eigenvalue weighted by Crippen LogP contribution is -2.15. The molecule has 2 aromatic rings. The van der Waals surface area contributed by atoms with Crippen molar-refractivity contribution in [1.29, 1.82) is 0 Å². The maximum Gasteiger partial charge on any atom is 0.416 e. The Kier molecular flexibility index (Phi) is 2.59. The number of nitrogens with one attached hydrogen (secondary N) is 1. The predicted octanol–water partition coefficient (Wildman–Crippen LogP) is 3.60. The summed E-state index contributed by atoms with van der Waals surface area (Å²) in [5.74, 6) is 0. The predicted molar refractivity (Wildman–Crippen MR) is 66.6 cm³/mol. The zero-order valence-electron chi connectivity index (χ0n) is 9.90. The van der Waals surface area contributed by atoms with Crippen molar-refractivity contribution in [3.05, 3.63) is 48.0 Å². The topological polar surface area (TPSA) is 46.2 Å². The van der Waals surface area contributed by atoms with Crippen molar-refractivity contribution in [2.24, 2.45) is 0 Å². The number of sulfone groups is 1. The Bertz CT molecular complexity index is 798. The lowest BCUT2D eigenvalue weighted by Gasteiger charge is -2.22. The number of hydrogen-bond donors (Lipinski definition) is 1. The number of fused-ring (bicyclic) bond motifs is 2. The number of rotatable bonds is 0. The summed E-state index contributed by atoms with van der Waals surface area (Å²) in [7, 11) is -3.79. The van der Waals surface area contributed by atoms with E-state index in [0.717, 1.165) is 18.2 Å². The molecule has 1 aliphatic rings. The molecule has 0 saturated heterocycles. The molecule has 104 valence electrons. The first kappa shape index (κ1) is 13.0. The molecule has 3 nitrogen and oxygen atoms in total. The van der Waals surface area contributed by atoms with E-state index in [-0.39, 0.29) is 21.2 Å². The number of para-hydroxylation sites is 1. The second-order valence-corrected chi connectivity index (χ2v) is 6.22. The van der Waals surface area contributed by atoms with Crippen LogP contribution in [0.1, 0.15) is 5.56 Å². The van der Waals surface area contributed by atoms with Crippen molar-refractivity contribution in [3.8, 4) is 0 Å². The third-order valence-electron chi connectivity index (χ3n) is 3.04. The molecular formula is C13H8F3NO2S. The third kappa shape index (κ3) is 1.85. The van der Waals surface area contributed by atoms with Crippen LogP contribution in [0.2, 0.25) is 0 Å². The van der Waals surface area contributed by atoms with Gasteiger partial charge in [0.2, 0.25) is 9.84 Å². The molecule has 0 aromatic heterocycles. The van der Waals surface area contributed by atoms with Crippen LogP contribution in [0, 0.1) is 0 Å². The van der Waals surface area contributed by atoms with E-state index in [2.05, 4.69) is 5.32 Å². The van der Waals surface area contributed by atoms with Crippen LogP contribution >= 0.6 is 0 Å². The molecule has 0 bridgehead atoms. The van der Waals surface area contributed by atoms with E-state index < -0.39 is 21.6 Å². The van der Waals surface area contributed by atoms with Crippen LogP contribution in [0.4, 0.5) is 24.5 Å². The molecule has 1 aliphatic heterocycles. The van der Waals surface area contributed by atoms with E-state index in [4.69, 9.17) is 0 Å². The number of hydrogen-bond acceptors (Lipinski definition) is 3. The number of benzene rings is 2. The summed E-state index contributed by atoms with van der Waals surface area (Å²) >= 11 is 0. The highest BCUT2D eigenvalue weighted by molar-refractivity contribution is 7.92. The van der Waals surface area contributed by atoms with Crippen molar-refractivity contribution in [2.75, 3.05) is 5.32 Å². The SMILES string of the molecule is O=S1(=O)c2ccccc2Nc2cc(C(F)(F)F)ccc21. The molecule has 0 radical (unpaired) electrons. The van der Waals surface area contributed by atoms with Crippen LogP contribution in [0.5, 0.6) is 0 Å². The molecule has 20 heavy (non-hydrogen) atoms. The summed E-state index contributed by atoms with van der Waals surface area (Å²) in [4.78, 5) is -0.0866. The summed E-state index contributed by atoms with van der Waals surface area (Å²) in [6, 6.07) is 8.66. The van der Waals surface area contributed by atoms with Crippen LogP contribution in [-0.2, 0) is 16.0 Å². The highest BCUT2D eigenvalue weighted by Gasteiger charge is 2.34. The normalized spacial score (nSPS) is 15.9. The van der Waals surface area contributed by atoms with Gasteiger partial charge in [-0.2, -0.15) is 13.2 Å². The van der Waals surface area contributed by atoms with Gasteiger partial charge < -0.3 is 5.32 Å². The molecule has 0 unspecified atom stereocenters. The lowest BCUT2D eigenvalue weighted by atomic mass is 10.2. The first-order valence-corrected chi connectivity index (χ1v) is 7.11. The molecule has 7 heteroatoms. The second-order valence-electron chi connectivity index (χ2n) is 4.33. The number of halogens is 3. The number of alkyl halides is 3. The van der Waals surface area contributed by atoms with E-state index >= 15 is 0 Å². The molecule has 1 N–H and O–H groups in total. The van der Waals surface area contributed by atoms with Gasteiger partial charge in [0.05, 0.1) is 26.7 Å². The Labute approximate surface area is 113 Å². The Morgan fingerprint density at radius 2 is 1.55 bits per heavy atom. The van der Waals surface area contributed by atoms with Crippen LogP contribution in [-0.4, -0.2) is 8.42 Å². The van der Waals surface area contributed by atoms with Gasteiger partial charge in [0, 0.05) is 0 Å². The van der Waals surface area contributed by atoms with Crippen LogP contribution in [0.15, 0.2) is 52.3 Å². The maximum atomic E-state index is 12.7. The van der Waals surface area contributed by atoms with Crippen molar-refractivity contribution in [3.63, 3.8) is 0 Å². The first-order chi connectivity index (χ1) is 9.30. The molecule has 0 amide bonds. The lowest BCUT2D eigenvalue weighted by molar-refractivity contribution is -0.137. The summed E-state index contributed by atoms with van der Waals surface area (Å²) in [6.45, 7) is 0. The van der Waals surface area contributed by atoms with Crippen molar-refractivity contribution >= 4 is 21.2 Å². The van der Waals surface area contributed by atoms with Gasteiger partial charge in [-0.05, 0) is 30.3 Å². The molecule has 0 aliphatic carbocycles. The largest absolute Gasteiger partial charge is 0.416 e. The molecular weight excluding hydrogens is 291 g/mol. The van der Waals surface area contributed by atoms with Crippen molar-refractivity contribution in [2.45, 2.75) is 16.0 Å². The van der Waals surface area contributed by atoms with E-state index in [0.29, 0.717) is 0 Å². The average Bonchev–Trinajstić information content (AvgIpc) is 2.37. The molecule has 1 heterocycles. The van der Waals surface area contributed by atoms with Gasteiger partial charge in [-0.1, -0.05) is 12.1 Å². The average molecular weight is 299 g/mol. The van der Waals surface area contributed by atoms with Gasteiger partial charge in [0.1, 0.15) is 0 Å². The minimum Gasteiger partial charge on any atom is -0.353 e. The molecule has 0 atom stereocenters. The van der Waals surface area contributed by atoms with Gasteiger partial charge in [-0.3, -0.25) is 0 Å². The Balaban J connectivity index is 2.24. The Morgan fingerprint density at radius 1 is 0.900 bits per heavy atom. The van der Waals surface area contributed by atoms with Crippen LogP contribution in [0.3, 0.4) is 0 Å². The van der Waals surface area contributed by atoms with Crippen LogP contribution < -0.4 is 5.32 Å². The highest BCUT2D eigenvalue weighted by Crippen LogP contribution is 2.41. The zero-order chi connectivity index (χ0) is 14.5. The quantitative estimate of drug-likeness (QED) is 0.690. The van der Waals surface area contributed by atoms with Gasteiger partial charge >= 0.3 is 6.18 Å². The summed E-state index contributed by atoms with van der Waals surface area (Å²) < 4.78 is 62.7. The third-order valence-corrected chi connectivity index (χ3v) is 4.91. The van der Waals surface area contributed by atoms with Crippen molar-refractivity contribution in [1.82, 2.24) is 0 Å². The Hall–Kier alpha value is -2.02. The van der Waals surface area contributed by atoms with E-state index in [9.17, 15) is 21.6 Å². The van der Waals surface area contributed by atoms with Gasteiger partial charge in [-0.25, -0.2) is 8.42 Å². The summed E-state index contributed by atoms with van der Waals surface area (Å²) in [5, 5.41) is 2.73. The van der Waals surface area contributed by atoms with Crippen molar-refractivity contribution < 1.29 is 21.6 Å². The standard InChI is InChI=1S/C13H8F3NO2S/c14-13(15,16)8-5-6-12-10(7-8)17-9-3-1-2-4-11(9)20(12,18)19/h1-7,17H. The van der Waals surface area contributed by atoms with Gasteiger partial charge in [0.15, 0.2) is 0 Å². The molecule has 0 fully saturated rings. The Morgan fingerprint density at radius 3 is 2.25 bits per heavy atom. The summed E-state index contributed by atoms with van der Waals surface area (Å²) in [6.07, 6.45) is -4.52. The highest BCUT2D eigenvalue weighted by atomic mass is 32.2. The fraction of sp³-hybridized carbons (Fsp3) is 0.0769. The summed E-state index contributed by atoms with van der Waals surface area (Å²) in [5.41, 5.74) is -0.670. The fourth-order valence-corrected chi connectivity index (χ4v) is 3.66. The zero-order valence-corrected chi connectivity index (χ0v) is 10.7. The van der Waals surface area contributed by atoms with E-state index in [1.54, 1.807) is 12.1 Å². The van der Waals surface area contributed by atoms with E-state index in [1.165, 1.54) is 12.1 Å². The molecule has 2 aromatic carbocycles. The van der Waals surface area contributed by atoms with E-state index in [1.807, 2.05) is 0 Å². The first-order valence-electron chi connectivity index (χ1n) is 5.62. The molecule has 0 saturated carbocycles. The molecule has 0 spiro atoms. The minimum absolute atomic E-state index is 0.0569. The monoisotopic (exact) mass is 299 g/mol. The van der Waals surface area contributed by atoms with Crippen LogP contribution in [0.25, 0.3) is 0 Å². The second kappa shape index (κ2) is 3.99. The molecule has 3 rings (SSSR count).